The lowest BCUT2D eigenvalue weighted by Gasteiger charge is -2.71. The molecule has 0 bridgehead atoms. The topological polar surface area (TPSA) is 472 Å². The molecule has 0 aromatic carbocycles. The third kappa shape index (κ3) is 12.6. The summed E-state index contributed by atoms with van der Waals surface area (Å²) in [5, 5.41) is 183. The fourth-order valence-electron chi connectivity index (χ4n) is 18.7. The Morgan fingerprint density at radius 1 is 0.511 bits per heavy atom. The van der Waals surface area contributed by atoms with E-state index in [2.05, 4.69) is 54.5 Å². The van der Waals surface area contributed by atoms with Gasteiger partial charge in [0.1, 0.15) is 128 Å². The molecule has 6 saturated heterocycles. The van der Waals surface area contributed by atoms with Gasteiger partial charge in [0, 0.05) is 0 Å². The maximum atomic E-state index is 15.2. The van der Waals surface area contributed by atoms with Crippen LogP contribution in [0.1, 0.15) is 120 Å². The fourth-order valence-corrected chi connectivity index (χ4v) is 18.7. The number of rotatable bonds is 15. The van der Waals surface area contributed by atoms with Gasteiger partial charge in [-0.1, -0.05) is 60.1 Å². The zero-order chi connectivity index (χ0) is 68.4. The monoisotopic (exact) mass is 1350 g/mol. The number of hydrogen-bond acceptors (Lipinski definition) is 30. The van der Waals surface area contributed by atoms with Crippen LogP contribution in [0.25, 0.3) is 0 Å². The minimum Gasteiger partial charge on any atom is -0.432 e. The molecule has 30 nitrogen and oxygen atoms in total. The van der Waals surface area contributed by atoms with Gasteiger partial charge in [0.25, 0.3) is 0 Å². The van der Waals surface area contributed by atoms with Crippen LogP contribution in [0.15, 0.2) is 11.6 Å². The van der Waals surface area contributed by atoms with Gasteiger partial charge in [-0.05, 0) is 116 Å². The molecular weight excluding hydrogens is 1250 g/mol. The second kappa shape index (κ2) is 27.5. The number of allylic oxidation sites excluding steroid dienone is 2. The lowest BCUT2D eigenvalue weighted by atomic mass is 9.33. The van der Waals surface area contributed by atoms with Crippen LogP contribution >= 0.6 is 0 Å². The first kappa shape index (κ1) is 73.3. The van der Waals surface area contributed by atoms with Crippen LogP contribution < -0.4 is 0 Å². The molecule has 94 heavy (non-hydrogen) atoms. The highest BCUT2D eigenvalue weighted by Gasteiger charge is 2.70. The van der Waals surface area contributed by atoms with Crippen molar-refractivity contribution in [3.63, 3.8) is 0 Å². The van der Waals surface area contributed by atoms with Crippen LogP contribution in [-0.2, 0) is 61.6 Å². The van der Waals surface area contributed by atoms with E-state index in [9.17, 15) is 86.8 Å². The minimum absolute atomic E-state index is 0.0940. The quantitative estimate of drug-likeness (QED) is 0.0421. The van der Waals surface area contributed by atoms with Gasteiger partial charge in [-0.3, -0.25) is 4.79 Å². The number of carbonyl (C=O) groups is 1. The predicted octanol–water partition coefficient (Wildman–Crippen LogP) is -4.08. The fraction of sp³-hybridized carbons (Fsp3) is 0.953. The molecule has 11 aliphatic rings. The molecule has 0 radical (unpaired) electrons. The molecule has 0 amide bonds. The van der Waals surface area contributed by atoms with Crippen molar-refractivity contribution in [1.29, 1.82) is 0 Å². The molecule has 0 unspecified atom stereocenters. The standard InChI is InChI=1S/C64H104O30/c1-25-36(68)50(92-53-45(77)41(73)32(24-85-53)89-54-47(79)43(75)39(71)30(21-66)88-54)49(81)56(86-25)93-51-37(69)28(67)22-83-57(51)91-35-12-13-61(6)33(60(35,4)5)11-14-63(8)34(61)10-9-26-27-19-59(2,3)15-17-64(27,18-16-62(26,63)7)58(82)94-55-48(80)44(76)40(72)31(90-55)23-84-52-46(78)42(74)38(70)29(20-65)87-52/h9,25,27-57,65-81H,10-24H2,1-8H3/t25-,27+,28+,29+,30+,31-,32-,33-,34+,35+,36-,37-,38+,39+,40-,41+,42-,43-,44-,45-,46+,47-,48+,49+,50-,51+,52+,53-,54+,55+,56+,57+,61+,62+,63+,64+/m1/s1. The largest absolute Gasteiger partial charge is 0.432 e. The van der Waals surface area contributed by atoms with Crippen molar-refractivity contribution in [2.45, 2.75) is 298 Å². The smallest absolute Gasteiger partial charge is 0.315 e. The molecule has 540 valence electrons. The van der Waals surface area contributed by atoms with E-state index in [1.807, 2.05) is 0 Å². The molecule has 11 rings (SSSR count). The first-order valence-electron chi connectivity index (χ1n) is 33.5. The number of hydrogen-bond donors (Lipinski definition) is 17. The number of aliphatic hydroxyl groups is 17. The summed E-state index contributed by atoms with van der Waals surface area (Å²) in [6.45, 7) is 14.5. The second-order valence-electron chi connectivity index (χ2n) is 31.0. The van der Waals surface area contributed by atoms with Gasteiger partial charge < -0.3 is 144 Å². The summed E-state index contributed by atoms with van der Waals surface area (Å²) in [4.78, 5) is 15.2. The van der Waals surface area contributed by atoms with Gasteiger partial charge in [-0.2, -0.15) is 0 Å². The Morgan fingerprint density at radius 2 is 1.07 bits per heavy atom. The molecule has 4 saturated carbocycles. The first-order valence-corrected chi connectivity index (χ1v) is 33.5. The van der Waals surface area contributed by atoms with E-state index in [0.29, 0.717) is 38.5 Å². The molecule has 6 aliphatic heterocycles. The van der Waals surface area contributed by atoms with E-state index < -0.39 is 221 Å². The van der Waals surface area contributed by atoms with Gasteiger partial charge in [-0.15, -0.1) is 0 Å². The summed E-state index contributed by atoms with van der Waals surface area (Å²) in [5.74, 6) is -0.590. The molecule has 36 atom stereocenters. The van der Waals surface area contributed by atoms with Gasteiger partial charge in [-0.25, -0.2) is 0 Å². The van der Waals surface area contributed by atoms with Crippen molar-refractivity contribution in [2.24, 2.45) is 50.2 Å². The predicted molar refractivity (Wildman–Crippen MR) is 315 cm³/mol. The molecule has 0 aromatic heterocycles. The molecular formula is C64H104O30. The molecule has 0 spiro atoms. The number of aliphatic hydroxyl groups excluding tert-OH is 17. The van der Waals surface area contributed by atoms with Crippen molar-refractivity contribution >= 4 is 5.97 Å². The van der Waals surface area contributed by atoms with Crippen molar-refractivity contribution < 1.29 is 148 Å². The van der Waals surface area contributed by atoms with E-state index >= 15 is 4.79 Å². The molecule has 30 heteroatoms. The molecule has 17 N–H and O–H groups in total. The maximum Gasteiger partial charge on any atom is 0.315 e. The number of fused-ring (bicyclic) bond motifs is 7. The van der Waals surface area contributed by atoms with Gasteiger partial charge in [0.2, 0.25) is 6.29 Å². The Hall–Kier alpha value is -1.91. The van der Waals surface area contributed by atoms with Crippen molar-refractivity contribution in [3.8, 4) is 0 Å². The Balaban J connectivity index is 0.756. The Bertz CT molecular complexity index is 2640. The lowest BCUT2D eigenvalue weighted by Crippen LogP contribution is -2.66. The second-order valence-corrected chi connectivity index (χ2v) is 31.0. The lowest BCUT2D eigenvalue weighted by molar-refractivity contribution is -0.382. The summed E-state index contributed by atoms with van der Waals surface area (Å²) in [6, 6.07) is 0. The molecule has 5 aliphatic carbocycles. The Kier molecular flexibility index (Phi) is 21.4. The normalized spacial score (nSPS) is 54.2. The molecule has 10 fully saturated rings. The average Bonchev–Trinajstić information content (AvgIpc) is 0.676. The minimum atomic E-state index is -1.91. The van der Waals surface area contributed by atoms with Crippen LogP contribution in [0.3, 0.4) is 0 Å². The summed E-state index contributed by atoms with van der Waals surface area (Å²) >= 11 is 0. The van der Waals surface area contributed by atoms with Gasteiger partial charge in [0.05, 0.1) is 50.7 Å². The highest BCUT2D eigenvalue weighted by atomic mass is 16.8. The molecule has 0 aromatic rings. The Morgan fingerprint density at radius 3 is 1.73 bits per heavy atom. The summed E-state index contributed by atoms with van der Waals surface area (Å²) in [6.07, 6.45) is -37.0. The van der Waals surface area contributed by atoms with E-state index in [1.165, 1.54) is 12.5 Å². The van der Waals surface area contributed by atoms with Gasteiger partial charge in [0.15, 0.2) is 31.5 Å². The summed E-state index contributed by atoms with van der Waals surface area (Å²) in [5.41, 5.74) is -1.40. The van der Waals surface area contributed by atoms with Gasteiger partial charge >= 0.3 is 5.97 Å². The number of carbonyl (C=O) groups excluding carboxylic acids is 1. The van der Waals surface area contributed by atoms with Crippen LogP contribution in [0.5, 0.6) is 0 Å². The molecule has 6 heterocycles. The van der Waals surface area contributed by atoms with E-state index in [4.69, 9.17) is 56.8 Å². The van der Waals surface area contributed by atoms with E-state index in [0.717, 1.165) is 25.7 Å². The third-order valence-corrected chi connectivity index (χ3v) is 24.8. The first-order chi connectivity index (χ1) is 44.1. The van der Waals surface area contributed by atoms with Crippen LogP contribution in [0, 0.1) is 50.2 Å². The summed E-state index contributed by atoms with van der Waals surface area (Å²) in [7, 11) is 0. The van der Waals surface area contributed by atoms with Crippen molar-refractivity contribution in [3.05, 3.63) is 11.6 Å². The van der Waals surface area contributed by atoms with E-state index in [1.54, 1.807) is 0 Å². The zero-order valence-corrected chi connectivity index (χ0v) is 54.6. The zero-order valence-electron chi connectivity index (χ0n) is 54.6. The highest BCUT2D eigenvalue weighted by Crippen LogP contribution is 2.76. The van der Waals surface area contributed by atoms with Crippen LogP contribution in [-0.4, -0.2) is 304 Å². The highest BCUT2D eigenvalue weighted by molar-refractivity contribution is 5.79. The maximum absolute atomic E-state index is 15.2. The number of esters is 1. The summed E-state index contributed by atoms with van der Waals surface area (Å²) < 4.78 is 71.3. The van der Waals surface area contributed by atoms with Crippen molar-refractivity contribution in [1.82, 2.24) is 0 Å². The van der Waals surface area contributed by atoms with E-state index in [-0.39, 0.29) is 46.0 Å². The Labute approximate surface area is 545 Å². The average molecular weight is 1350 g/mol. The van der Waals surface area contributed by atoms with Crippen LogP contribution in [0.2, 0.25) is 0 Å². The SMILES string of the molecule is C[C@H]1O[C@@H](O[C@@H]2[C@H](O[C@H]3CC[C@@]4(C)[C@H](CC[C@@]5(C)[C@H]4CC=C4[C@@H]6CC(C)(C)CC[C@]6(C(=O)O[C@@H]6O[C@H](CO[C@H]7O[C@@H](CO)[C@H](O)[C@@H](O)[C@@H]7O)[C@@H](O)[C@@H](O)[C@@H]6O)CC[C@@]45C)C3(C)C)OC[C@H](O)[C@H]2O)[C@@H](O)[C@H](O[C@H]2OC[C@@H](O[C@@H]3O[C@@H](CO)[C@H](O)[C@@H](O)[C@H]3O)[C@H](O)[C@H]2O)[C@@H]1O. The van der Waals surface area contributed by atoms with Crippen molar-refractivity contribution in [2.75, 3.05) is 33.0 Å². The number of ether oxygens (including phenoxy) is 12. The third-order valence-electron chi connectivity index (χ3n) is 24.8. The van der Waals surface area contributed by atoms with Crippen LogP contribution in [0.4, 0.5) is 0 Å².